The molecule has 0 aromatic rings. The molecule has 2 heterocycles. The molecule has 0 aromatic heterocycles. The highest BCUT2D eigenvalue weighted by Gasteiger charge is 2.51. The molecular formula is C49H93NO13. The van der Waals surface area contributed by atoms with Gasteiger partial charge in [0.1, 0.15) is 48.8 Å². The maximum Gasteiger partial charge on any atom is 0.220 e. The van der Waals surface area contributed by atoms with Gasteiger partial charge in [0.2, 0.25) is 5.91 Å². The number of allylic oxidation sites excluding steroid dienone is 2. The van der Waals surface area contributed by atoms with E-state index in [1.54, 1.807) is 0 Å². The summed E-state index contributed by atoms with van der Waals surface area (Å²) in [6, 6.07) is -0.828. The first-order valence-corrected chi connectivity index (χ1v) is 25.4. The highest BCUT2D eigenvalue weighted by molar-refractivity contribution is 5.76. The maximum atomic E-state index is 13.1. The van der Waals surface area contributed by atoms with Crippen molar-refractivity contribution >= 4 is 5.91 Å². The zero-order valence-corrected chi connectivity index (χ0v) is 39.3. The molecule has 2 aliphatic rings. The Morgan fingerprint density at radius 3 is 1.54 bits per heavy atom. The van der Waals surface area contributed by atoms with Gasteiger partial charge in [-0.15, -0.1) is 0 Å². The summed E-state index contributed by atoms with van der Waals surface area (Å²) < 4.78 is 22.7. The van der Waals surface area contributed by atoms with Crippen molar-refractivity contribution in [1.29, 1.82) is 0 Å². The molecule has 0 aliphatic carbocycles. The van der Waals surface area contributed by atoms with E-state index in [-0.39, 0.29) is 12.5 Å². The van der Waals surface area contributed by atoms with Crippen LogP contribution in [0.1, 0.15) is 200 Å². The van der Waals surface area contributed by atoms with E-state index in [0.717, 1.165) is 64.2 Å². The second-order valence-corrected chi connectivity index (χ2v) is 18.3. The normalized spacial score (nSPS) is 27.5. The summed E-state index contributed by atoms with van der Waals surface area (Å²) in [7, 11) is 0. The molecule has 0 spiro atoms. The van der Waals surface area contributed by atoms with Crippen LogP contribution < -0.4 is 5.32 Å². The zero-order valence-electron chi connectivity index (χ0n) is 39.3. The molecule has 372 valence electrons. The zero-order chi connectivity index (χ0) is 46.1. The Morgan fingerprint density at radius 2 is 1.00 bits per heavy atom. The molecular weight excluding hydrogens is 811 g/mol. The van der Waals surface area contributed by atoms with E-state index in [9.17, 15) is 45.6 Å². The second kappa shape index (κ2) is 36.8. The predicted molar refractivity (Wildman–Crippen MR) is 245 cm³/mol. The standard InChI is InChI=1S/C49H93NO13/c1-3-5-7-9-11-13-15-17-18-19-20-21-22-24-26-28-30-32-38(53)37(50-41(54)33-31-29-27-25-23-16-14-12-10-8-6-4-2)36-60-48-46(59)44(57)47(40(35-52)62-48)63-49-45(58)43(56)42(55)39(34-51)61-49/h12,14,37-40,42-49,51-53,55-59H,3-11,13,15-36H2,1-2H3,(H,50,54)/b14-12-. The Balaban J connectivity index is 1.83. The fourth-order valence-electron chi connectivity index (χ4n) is 8.52. The van der Waals surface area contributed by atoms with Gasteiger partial charge >= 0.3 is 0 Å². The van der Waals surface area contributed by atoms with Crippen LogP contribution in [0, 0.1) is 0 Å². The Labute approximate surface area is 380 Å². The highest BCUT2D eigenvalue weighted by atomic mass is 16.7. The SMILES string of the molecule is CCCCC/C=C\CCCCCCCC(=O)NC(COC1OC(CO)C(OC2OC(CO)C(O)C(O)C2O)C(O)C1O)C(O)CCCCCCCCCCCCCCCCCCC. The number of hydrogen-bond acceptors (Lipinski definition) is 13. The number of rotatable bonds is 39. The van der Waals surface area contributed by atoms with E-state index >= 15 is 0 Å². The van der Waals surface area contributed by atoms with Crippen molar-refractivity contribution in [3.05, 3.63) is 12.2 Å². The Morgan fingerprint density at radius 1 is 0.556 bits per heavy atom. The first-order chi connectivity index (χ1) is 30.6. The molecule has 0 bridgehead atoms. The largest absolute Gasteiger partial charge is 0.394 e. The number of aliphatic hydroxyl groups excluding tert-OH is 8. The van der Waals surface area contributed by atoms with Gasteiger partial charge in [-0.3, -0.25) is 4.79 Å². The number of carbonyl (C=O) groups excluding carboxylic acids is 1. The van der Waals surface area contributed by atoms with E-state index in [2.05, 4.69) is 31.3 Å². The highest BCUT2D eigenvalue weighted by Crippen LogP contribution is 2.30. The van der Waals surface area contributed by atoms with Crippen molar-refractivity contribution in [3.63, 3.8) is 0 Å². The van der Waals surface area contributed by atoms with Gasteiger partial charge in [0.05, 0.1) is 32.0 Å². The second-order valence-electron chi connectivity index (χ2n) is 18.3. The number of ether oxygens (including phenoxy) is 4. The first kappa shape index (κ1) is 57.9. The Kier molecular flexibility index (Phi) is 33.8. The lowest BCUT2D eigenvalue weighted by molar-refractivity contribution is -0.359. The molecule has 2 saturated heterocycles. The summed E-state index contributed by atoms with van der Waals surface area (Å²) >= 11 is 0. The average Bonchev–Trinajstić information content (AvgIpc) is 3.28. The summed E-state index contributed by atoms with van der Waals surface area (Å²) in [6.07, 6.45) is 20.7. The van der Waals surface area contributed by atoms with Gasteiger partial charge in [0.15, 0.2) is 12.6 Å². The average molecular weight is 904 g/mol. The van der Waals surface area contributed by atoms with Gasteiger partial charge in [-0.2, -0.15) is 0 Å². The third-order valence-corrected chi connectivity index (χ3v) is 12.7. The van der Waals surface area contributed by atoms with Gasteiger partial charge in [-0.25, -0.2) is 0 Å². The predicted octanol–water partition coefficient (Wildman–Crippen LogP) is 6.38. The van der Waals surface area contributed by atoms with Gasteiger partial charge in [-0.05, 0) is 38.5 Å². The molecule has 0 radical (unpaired) electrons. The third-order valence-electron chi connectivity index (χ3n) is 12.7. The van der Waals surface area contributed by atoms with Crippen molar-refractivity contribution in [1.82, 2.24) is 5.32 Å². The molecule has 12 atom stereocenters. The number of unbranched alkanes of at least 4 members (excludes halogenated alkanes) is 24. The Hall–Kier alpha value is -1.27. The topological polar surface area (TPSA) is 228 Å². The van der Waals surface area contributed by atoms with Gasteiger partial charge in [0, 0.05) is 6.42 Å². The summed E-state index contributed by atoms with van der Waals surface area (Å²) in [5.74, 6) is -0.216. The number of nitrogens with one attached hydrogen (secondary N) is 1. The monoisotopic (exact) mass is 904 g/mol. The molecule has 14 heteroatoms. The summed E-state index contributed by atoms with van der Waals surface area (Å²) in [4.78, 5) is 13.1. The van der Waals surface area contributed by atoms with E-state index < -0.39 is 86.8 Å². The molecule has 0 saturated carbocycles. The van der Waals surface area contributed by atoms with Crippen LogP contribution in [-0.2, 0) is 23.7 Å². The summed E-state index contributed by atoms with van der Waals surface area (Å²) in [5, 5.41) is 86.8. The van der Waals surface area contributed by atoms with Gasteiger partial charge < -0.3 is 65.1 Å². The van der Waals surface area contributed by atoms with Gasteiger partial charge in [0.25, 0.3) is 0 Å². The van der Waals surface area contributed by atoms with E-state index in [0.29, 0.717) is 19.3 Å². The van der Waals surface area contributed by atoms with Gasteiger partial charge in [-0.1, -0.05) is 167 Å². The number of hydrogen-bond donors (Lipinski definition) is 9. The van der Waals surface area contributed by atoms with Crippen LogP contribution in [-0.4, -0.2) is 140 Å². The molecule has 0 aromatic carbocycles. The quantitative estimate of drug-likeness (QED) is 0.0241. The van der Waals surface area contributed by atoms with Crippen LogP contribution in [0.25, 0.3) is 0 Å². The van der Waals surface area contributed by atoms with Crippen molar-refractivity contribution in [3.8, 4) is 0 Å². The van der Waals surface area contributed by atoms with Crippen LogP contribution in [0.15, 0.2) is 12.2 Å². The van der Waals surface area contributed by atoms with Crippen molar-refractivity contribution in [2.24, 2.45) is 0 Å². The number of amides is 1. The minimum absolute atomic E-state index is 0.216. The number of carbonyl (C=O) groups is 1. The van der Waals surface area contributed by atoms with Crippen LogP contribution in [0.5, 0.6) is 0 Å². The molecule has 1 amide bonds. The number of aliphatic hydroxyl groups is 8. The molecule has 14 nitrogen and oxygen atoms in total. The van der Waals surface area contributed by atoms with Crippen LogP contribution in [0.2, 0.25) is 0 Å². The molecule has 63 heavy (non-hydrogen) atoms. The Bertz CT molecular complexity index is 1120. The minimum atomic E-state index is -1.78. The molecule has 2 rings (SSSR count). The van der Waals surface area contributed by atoms with Crippen LogP contribution >= 0.6 is 0 Å². The lowest BCUT2D eigenvalue weighted by atomic mass is 9.97. The van der Waals surface area contributed by atoms with E-state index in [4.69, 9.17) is 18.9 Å². The third kappa shape index (κ3) is 24.4. The summed E-state index contributed by atoms with van der Waals surface area (Å²) in [6.45, 7) is 2.82. The van der Waals surface area contributed by atoms with Crippen molar-refractivity contribution in [2.45, 2.75) is 274 Å². The first-order valence-electron chi connectivity index (χ1n) is 25.4. The van der Waals surface area contributed by atoms with E-state index in [1.807, 2.05) is 0 Å². The fraction of sp³-hybridized carbons (Fsp3) is 0.939. The smallest absolute Gasteiger partial charge is 0.220 e. The maximum absolute atomic E-state index is 13.1. The fourth-order valence-corrected chi connectivity index (χ4v) is 8.52. The van der Waals surface area contributed by atoms with Crippen molar-refractivity contribution in [2.75, 3.05) is 19.8 Å². The molecule has 12 unspecified atom stereocenters. The van der Waals surface area contributed by atoms with Crippen LogP contribution in [0.3, 0.4) is 0 Å². The molecule has 2 fully saturated rings. The molecule has 9 N–H and O–H groups in total. The van der Waals surface area contributed by atoms with E-state index in [1.165, 1.54) is 103 Å². The lowest BCUT2D eigenvalue weighted by Crippen LogP contribution is -2.65. The summed E-state index contributed by atoms with van der Waals surface area (Å²) in [5.41, 5.74) is 0. The van der Waals surface area contributed by atoms with Crippen LogP contribution in [0.4, 0.5) is 0 Å². The molecule has 2 aliphatic heterocycles. The lowest BCUT2D eigenvalue weighted by Gasteiger charge is -2.46. The minimum Gasteiger partial charge on any atom is -0.394 e. The van der Waals surface area contributed by atoms with Crippen molar-refractivity contribution < 1.29 is 64.6 Å².